The summed E-state index contributed by atoms with van der Waals surface area (Å²) in [6, 6.07) is -0.786. The number of unbranched alkanes of at least 4 members (excludes halogenated alkanes) is 1. The van der Waals surface area contributed by atoms with E-state index in [9.17, 15) is 9.59 Å². The van der Waals surface area contributed by atoms with Crippen LogP contribution in [0, 0.1) is 5.92 Å². The molecule has 1 atom stereocenters. The first-order valence-corrected chi connectivity index (χ1v) is 5.68. The van der Waals surface area contributed by atoms with Crippen LogP contribution in [-0.4, -0.2) is 29.6 Å². The summed E-state index contributed by atoms with van der Waals surface area (Å²) in [5.41, 5.74) is 5.34. The highest BCUT2D eigenvalue weighted by Gasteiger charge is 2.10. The van der Waals surface area contributed by atoms with E-state index in [-0.39, 0.29) is 13.3 Å². The third-order valence-electron chi connectivity index (χ3n) is 2.17. The van der Waals surface area contributed by atoms with Crippen LogP contribution in [0.2, 0.25) is 0 Å². The largest absolute Gasteiger partial charge is 0.480 e. The predicted molar refractivity (Wildman–Crippen MR) is 68.7 cm³/mol. The van der Waals surface area contributed by atoms with Gasteiger partial charge in [0.15, 0.2) is 0 Å². The number of aliphatic carboxylic acids is 1. The van der Waals surface area contributed by atoms with Crippen LogP contribution in [0.25, 0.3) is 0 Å². The van der Waals surface area contributed by atoms with E-state index in [0.29, 0.717) is 25.3 Å². The van der Waals surface area contributed by atoms with Crippen LogP contribution in [0.4, 0.5) is 0 Å². The normalized spacial score (nSPS) is 11.8. The van der Waals surface area contributed by atoms with Crippen LogP contribution in [0.5, 0.6) is 0 Å². The summed E-state index contributed by atoms with van der Waals surface area (Å²) in [7, 11) is 0. The van der Waals surface area contributed by atoms with Gasteiger partial charge in [0.1, 0.15) is 6.04 Å². The molecular formula is C12H26N2O3. The smallest absolute Gasteiger partial charge is 0.320 e. The maximum Gasteiger partial charge on any atom is 0.320 e. The highest BCUT2D eigenvalue weighted by atomic mass is 16.4. The van der Waals surface area contributed by atoms with E-state index in [1.54, 1.807) is 0 Å². The minimum Gasteiger partial charge on any atom is -0.480 e. The van der Waals surface area contributed by atoms with Crippen molar-refractivity contribution in [2.24, 2.45) is 11.7 Å². The Balaban J connectivity index is 0. The maximum absolute atomic E-state index is 11.2. The van der Waals surface area contributed by atoms with Crippen LogP contribution in [0.3, 0.4) is 0 Å². The van der Waals surface area contributed by atoms with Crippen LogP contribution in [-0.2, 0) is 9.59 Å². The molecule has 1 unspecified atom stereocenters. The number of carboxylic acid groups (broad SMARTS) is 1. The summed E-state index contributed by atoms with van der Waals surface area (Å²) >= 11 is 0. The van der Waals surface area contributed by atoms with Crippen molar-refractivity contribution in [3.63, 3.8) is 0 Å². The van der Waals surface area contributed by atoms with Gasteiger partial charge in [-0.15, -0.1) is 0 Å². The molecule has 4 N–H and O–H groups in total. The van der Waals surface area contributed by atoms with E-state index in [1.165, 1.54) is 0 Å². The number of hydrogen-bond donors (Lipinski definition) is 3. The van der Waals surface area contributed by atoms with Gasteiger partial charge in [-0.2, -0.15) is 0 Å². The number of rotatable bonds is 8. The van der Waals surface area contributed by atoms with Gasteiger partial charge in [0.2, 0.25) is 5.91 Å². The second-order valence-electron chi connectivity index (χ2n) is 4.39. The number of carbonyl (C=O) groups is 2. The van der Waals surface area contributed by atoms with Gasteiger partial charge in [0, 0.05) is 13.0 Å². The van der Waals surface area contributed by atoms with E-state index in [0.717, 1.165) is 12.8 Å². The molecule has 17 heavy (non-hydrogen) atoms. The Bertz CT molecular complexity index is 230. The van der Waals surface area contributed by atoms with Crippen molar-refractivity contribution in [3.05, 3.63) is 0 Å². The van der Waals surface area contributed by atoms with Gasteiger partial charge >= 0.3 is 5.97 Å². The van der Waals surface area contributed by atoms with Crippen LogP contribution < -0.4 is 11.1 Å². The molecule has 0 aromatic heterocycles. The maximum atomic E-state index is 11.2. The summed E-state index contributed by atoms with van der Waals surface area (Å²) in [5, 5.41) is 11.3. The molecule has 102 valence electrons. The minimum atomic E-state index is -0.969. The molecule has 0 radical (unpaired) electrons. The second kappa shape index (κ2) is 10.1. The zero-order valence-corrected chi connectivity index (χ0v) is 10.0. The third-order valence-corrected chi connectivity index (χ3v) is 2.17. The van der Waals surface area contributed by atoms with Crippen LogP contribution >= 0.6 is 0 Å². The van der Waals surface area contributed by atoms with Crippen molar-refractivity contribution < 1.29 is 14.7 Å². The topological polar surface area (TPSA) is 92.4 Å². The lowest BCUT2D eigenvalue weighted by atomic mass is 10.1. The quantitative estimate of drug-likeness (QED) is 0.564. The van der Waals surface area contributed by atoms with Crippen LogP contribution in [0.1, 0.15) is 47.0 Å². The molecule has 1 amide bonds. The SMILES string of the molecule is C.CC(C)CC(=O)NCCCCC(N)C(=O)O. The molecule has 0 aliphatic heterocycles. The Morgan fingerprint density at radius 2 is 1.88 bits per heavy atom. The van der Waals surface area contributed by atoms with Gasteiger partial charge in [-0.3, -0.25) is 9.59 Å². The molecule has 5 heteroatoms. The number of hydrogen-bond acceptors (Lipinski definition) is 3. The molecular weight excluding hydrogens is 220 g/mol. The Labute approximate surface area is 104 Å². The van der Waals surface area contributed by atoms with Crippen molar-refractivity contribution in [1.29, 1.82) is 0 Å². The fourth-order valence-corrected chi connectivity index (χ4v) is 1.28. The second-order valence-corrected chi connectivity index (χ2v) is 4.39. The molecule has 5 nitrogen and oxygen atoms in total. The summed E-state index contributed by atoms with van der Waals surface area (Å²) in [6.45, 7) is 4.58. The van der Waals surface area contributed by atoms with Crippen molar-refractivity contribution in [1.82, 2.24) is 5.32 Å². The van der Waals surface area contributed by atoms with Gasteiger partial charge in [-0.05, 0) is 25.2 Å². The first-order chi connectivity index (χ1) is 7.43. The van der Waals surface area contributed by atoms with Crippen LogP contribution in [0.15, 0.2) is 0 Å². The Hall–Kier alpha value is -1.10. The zero-order valence-electron chi connectivity index (χ0n) is 10.0. The predicted octanol–water partition coefficient (Wildman–Crippen LogP) is 1.37. The van der Waals surface area contributed by atoms with Gasteiger partial charge in [0.05, 0.1) is 0 Å². The fourth-order valence-electron chi connectivity index (χ4n) is 1.28. The number of nitrogens with two attached hydrogens (primary N) is 1. The number of amides is 1. The average molecular weight is 246 g/mol. The van der Waals surface area contributed by atoms with Gasteiger partial charge in [-0.1, -0.05) is 21.3 Å². The van der Waals surface area contributed by atoms with E-state index in [4.69, 9.17) is 10.8 Å². The minimum absolute atomic E-state index is 0. The molecule has 0 fully saturated rings. The highest BCUT2D eigenvalue weighted by Crippen LogP contribution is 2.00. The Kier molecular flexibility index (Phi) is 10.8. The molecule has 0 aliphatic carbocycles. The lowest BCUT2D eigenvalue weighted by molar-refractivity contribution is -0.138. The lowest BCUT2D eigenvalue weighted by Crippen LogP contribution is -2.30. The molecule has 0 heterocycles. The van der Waals surface area contributed by atoms with Crippen molar-refractivity contribution in [3.8, 4) is 0 Å². The molecule has 0 spiro atoms. The standard InChI is InChI=1S/C11H22N2O3.CH4/c1-8(2)7-10(14)13-6-4-3-5-9(12)11(15)16;/h8-9H,3-7,12H2,1-2H3,(H,13,14)(H,15,16);1H4. The monoisotopic (exact) mass is 246 g/mol. The molecule has 0 saturated carbocycles. The van der Waals surface area contributed by atoms with E-state index < -0.39 is 12.0 Å². The first-order valence-electron chi connectivity index (χ1n) is 5.68. The number of nitrogens with one attached hydrogen (secondary N) is 1. The van der Waals surface area contributed by atoms with Crippen molar-refractivity contribution in [2.75, 3.05) is 6.54 Å². The Morgan fingerprint density at radius 1 is 1.29 bits per heavy atom. The summed E-state index contributed by atoms with van der Waals surface area (Å²) in [4.78, 5) is 21.6. The summed E-state index contributed by atoms with van der Waals surface area (Å²) in [5.74, 6) is -0.554. The van der Waals surface area contributed by atoms with Gasteiger partial charge < -0.3 is 16.2 Å². The van der Waals surface area contributed by atoms with E-state index in [1.807, 2.05) is 13.8 Å². The summed E-state index contributed by atoms with van der Waals surface area (Å²) in [6.07, 6.45) is 2.48. The number of carbonyl (C=O) groups excluding carboxylic acids is 1. The molecule has 0 bridgehead atoms. The molecule has 0 aliphatic rings. The Morgan fingerprint density at radius 3 is 2.35 bits per heavy atom. The van der Waals surface area contributed by atoms with Gasteiger partial charge in [-0.25, -0.2) is 0 Å². The highest BCUT2D eigenvalue weighted by molar-refractivity contribution is 5.76. The van der Waals surface area contributed by atoms with E-state index >= 15 is 0 Å². The zero-order chi connectivity index (χ0) is 12.6. The average Bonchev–Trinajstić information content (AvgIpc) is 2.15. The fraction of sp³-hybridized carbons (Fsp3) is 0.833. The molecule has 0 saturated heterocycles. The molecule has 0 rings (SSSR count). The number of carboxylic acids is 1. The third kappa shape index (κ3) is 11.2. The van der Waals surface area contributed by atoms with Crippen molar-refractivity contribution >= 4 is 11.9 Å². The van der Waals surface area contributed by atoms with Gasteiger partial charge in [0.25, 0.3) is 0 Å². The molecule has 0 aromatic carbocycles. The van der Waals surface area contributed by atoms with E-state index in [2.05, 4.69) is 5.32 Å². The van der Waals surface area contributed by atoms with Crippen molar-refractivity contribution in [2.45, 2.75) is 53.0 Å². The first kappa shape index (κ1) is 18.3. The molecule has 0 aromatic rings. The lowest BCUT2D eigenvalue weighted by Gasteiger charge is -2.08. The summed E-state index contributed by atoms with van der Waals surface area (Å²) < 4.78 is 0.